The predicted molar refractivity (Wildman–Crippen MR) is 84.4 cm³/mol. The van der Waals surface area contributed by atoms with Gasteiger partial charge in [-0.1, -0.05) is 0 Å². The van der Waals surface area contributed by atoms with Gasteiger partial charge in [-0.25, -0.2) is 4.90 Å². The van der Waals surface area contributed by atoms with E-state index in [2.05, 4.69) is 9.97 Å². The summed E-state index contributed by atoms with van der Waals surface area (Å²) in [7, 11) is 0. The van der Waals surface area contributed by atoms with Crippen LogP contribution in [0, 0.1) is 0 Å². The fraction of sp³-hybridized carbons (Fsp3) is 0.0625. The highest BCUT2D eigenvalue weighted by molar-refractivity contribution is 6.20. The molecule has 6 heteroatoms. The summed E-state index contributed by atoms with van der Waals surface area (Å²) < 4.78 is 0. The van der Waals surface area contributed by atoms with Crippen LogP contribution in [0.15, 0.2) is 48.7 Å². The Hall–Kier alpha value is -3.15. The van der Waals surface area contributed by atoms with Crippen molar-refractivity contribution in [1.29, 1.82) is 0 Å². The van der Waals surface area contributed by atoms with Crippen molar-refractivity contribution >= 4 is 34.2 Å². The largest absolute Gasteiger partial charge is 0.399 e. The number of nitrogens with zero attached hydrogens (tertiary/aromatic N) is 2. The Kier molecular flexibility index (Phi) is 3.34. The molecule has 0 aliphatic heterocycles. The molecular formula is C16H14N4O2. The van der Waals surface area contributed by atoms with Gasteiger partial charge in [-0.15, -0.1) is 0 Å². The highest BCUT2D eigenvalue weighted by Crippen LogP contribution is 2.20. The molecule has 0 bridgehead atoms. The van der Waals surface area contributed by atoms with Gasteiger partial charge in [0, 0.05) is 18.8 Å². The first kappa shape index (κ1) is 13.8. The smallest absolute Gasteiger partial charge is 0.281 e. The fourth-order valence-electron chi connectivity index (χ4n) is 2.26. The van der Waals surface area contributed by atoms with Crippen molar-refractivity contribution < 1.29 is 9.59 Å². The van der Waals surface area contributed by atoms with E-state index in [0.717, 1.165) is 10.4 Å². The van der Waals surface area contributed by atoms with Gasteiger partial charge in [0.05, 0.1) is 16.7 Å². The molecule has 0 aliphatic rings. The first-order valence-electron chi connectivity index (χ1n) is 6.70. The molecule has 3 rings (SSSR count). The number of anilines is 2. The van der Waals surface area contributed by atoms with Crippen molar-refractivity contribution in [3.8, 4) is 0 Å². The number of hydrogen-bond donors (Lipinski definition) is 2. The summed E-state index contributed by atoms with van der Waals surface area (Å²) >= 11 is 0. The molecule has 1 aromatic carbocycles. The van der Waals surface area contributed by atoms with Gasteiger partial charge in [0.1, 0.15) is 5.69 Å². The average Bonchev–Trinajstić information content (AvgIpc) is 2.93. The third-order valence-electron chi connectivity index (χ3n) is 3.29. The molecule has 0 atom stereocenters. The van der Waals surface area contributed by atoms with Crippen LogP contribution >= 0.6 is 0 Å². The summed E-state index contributed by atoms with van der Waals surface area (Å²) in [5, 5.41) is 0. The maximum absolute atomic E-state index is 12.7. The van der Waals surface area contributed by atoms with Crippen LogP contribution < -0.4 is 10.6 Å². The Morgan fingerprint density at radius 1 is 1.18 bits per heavy atom. The van der Waals surface area contributed by atoms with Crippen molar-refractivity contribution in [2.45, 2.75) is 6.92 Å². The minimum Gasteiger partial charge on any atom is -0.399 e. The van der Waals surface area contributed by atoms with Crippen LogP contribution in [0.4, 0.5) is 11.4 Å². The van der Waals surface area contributed by atoms with Gasteiger partial charge >= 0.3 is 0 Å². The molecule has 22 heavy (non-hydrogen) atoms. The van der Waals surface area contributed by atoms with E-state index in [4.69, 9.17) is 5.73 Å². The minimum atomic E-state index is -0.435. The fourth-order valence-corrected chi connectivity index (χ4v) is 2.26. The summed E-state index contributed by atoms with van der Waals surface area (Å²) in [5.41, 5.74) is 8.39. The van der Waals surface area contributed by atoms with Crippen LogP contribution in [0.5, 0.6) is 0 Å². The molecule has 0 saturated heterocycles. The van der Waals surface area contributed by atoms with E-state index in [9.17, 15) is 9.59 Å². The van der Waals surface area contributed by atoms with E-state index in [1.807, 2.05) is 6.07 Å². The Labute approximate surface area is 126 Å². The standard InChI is InChI=1S/C16H14N4O2/c1-10(21)20(12-6-4-11(17)5-7-12)16(22)15-9-14-13(19-15)3-2-8-18-14/h2-9,19H,17H2,1H3. The number of aromatic amines is 1. The average molecular weight is 294 g/mol. The van der Waals surface area contributed by atoms with Crippen molar-refractivity contribution in [3.63, 3.8) is 0 Å². The van der Waals surface area contributed by atoms with Crippen molar-refractivity contribution in [2.75, 3.05) is 10.6 Å². The first-order valence-corrected chi connectivity index (χ1v) is 6.70. The number of benzene rings is 1. The van der Waals surface area contributed by atoms with E-state index >= 15 is 0 Å². The van der Waals surface area contributed by atoms with Gasteiger partial charge in [-0.3, -0.25) is 14.6 Å². The molecule has 3 aromatic rings. The summed E-state index contributed by atoms with van der Waals surface area (Å²) in [4.78, 5) is 32.8. The molecule has 0 unspecified atom stereocenters. The van der Waals surface area contributed by atoms with E-state index in [1.165, 1.54) is 6.92 Å². The number of nitrogens with one attached hydrogen (secondary N) is 1. The molecule has 0 saturated carbocycles. The third kappa shape index (κ3) is 2.42. The lowest BCUT2D eigenvalue weighted by molar-refractivity contribution is -0.115. The number of fused-ring (bicyclic) bond motifs is 1. The van der Waals surface area contributed by atoms with Crippen molar-refractivity contribution in [2.24, 2.45) is 0 Å². The van der Waals surface area contributed by atoms with Crippen LogP contribution in [0.25, 0.3) is 11.0 Å². The number of aromatic nitrogens is 2. The SMILES string of the molecule is CC(=O)N(C(=O)c1cc2ncccc2[nH]1)c1ccc(N)cc1. The molecular weight excluding hydrogens is 280 g/mol. The Bertz CT molecular complexity index is 819. The lowest BCUT2D eigenvalue weighted by Crippen LogP contribution is -2.35. The third-order valence-corrected chi connectivity index (χ3v) is 3.29. The maximum Gasteiger partial charge on any atom is 0.281 e. The normalized spacial score (nSPS) is 10.6. The van der Waals surface area contributed by atoms with E-state index < -0.39 is 5.91 Å². The second kappa shape index (κ2) is 5.33. The van der Waals surface area contributed by atoms with E-state index in [0.29, 0.717) is 22.6 Å². The maximum atomic E-state index is 12.7. The lowest BCUT2D eigenvalue weighted by Gasteiger charge is -2.18. The minimum absolute atomic E-state index is 0.306. The molecule has 2 amide bonds. The zero-order valence-corrected chi connectivity index (χ0v) is 11.9. The van der Waals surface area contributed by atoms with Gasteiger partial charge in [0.15, 0.2) is 0 Å². The molecule has 0 radical (unpaired) electrons. The zero-order chi connectivity index (χ0) is 15.7. The van der Waals surface area contributed by atoms with Crippen LogP contribution in [0.3, 0.4) is 0 Å². The molecule has 3 N–H and O–H groups in total. The second-order valence-corrected chi connectivity index (χ2v) is 4.87. The Morgan fingerprint density at radius 2 is 1.91 bits per heavy atom. The number of hydrogen-bond acceptors (Lipinski definition) is 4. The van der Waals surface area contributed by atoms with Crippen LogP contribution in [-0.2, 0) is 4.79 Å². The number of carbonyl (C=O) groups is 2. The highest BCUT2D eigenvalue weighted by Gasteiger charge is 2.23. The van der Waals surface area contributed by atoms with Gasteiger partial charge < -0.3 is 10.7 Å². The number of carbonyl (C=O) groups excluding carboxylic acids is 2. The molecule has 0 aliphatic carbocycles. The first-order chi connectivity index (χ1) is 10.6. The Morgan fingerprint density at radius 3 is 2.55 bits per heavy atom. The number of pyridine rings is 1. The summed E-state index contributed by atoms with van der Waals surface area (Å²) in [6.07, 6.45) is 1.65. The molecule has 6 nitrogen and oxygen atoms in total. The molecule has 2 aromatic heterocycles. The van der Waals surface area contributed by atoms with Gasteiger partial charge in [0.2, 0.25) is 5.91 Å². The van der Waals surface area contributed by atoms with E-state index in [1.54, 1.807) is 42.6 Å². The molecule has 0 spiro atoms. The predicted octanol–water partition coefficient (Wildman–Crippen LogP) is 2.34. The summed E-state index contributed by atoms with van der Waals surface area (Å²) in [5.74, 6) is -0.809. The topological polar surface area (TPSA) is 92.1 Å². The van der Waals surface area contributed by atoms with Crippen LogP contribution in [-0.4, -0.2) is 21.8 Å². The molecule has 0 fully saturated rings. The molecule has 110 valence electrons. The van der Waals surface area contributed by atoms with Gasteiger partial charge in [0.25, 0.3) is 5.91 Å². The quantitative estimate of drug-likeness (QED) is 0.709. The monoisotopic (exact) mass is 294 g/mol. The number of nitrogens with two attached hydrogens (primary N) is 1. The molecule has 2 heterocycles. The number of rotatable bonds is 2. The van der Waals surface area contributed by atoms with E-state index in [-0.39, 0.29) is 5.91 Å². The number of H-pyrrole nitrogens is 1. The van der Waals surface area contributed by atoms with Crippen LogP contribution in [0.1, 0.15) is 17.4 Å². The Balaban J connectivity index is 2.02. The zero-order valence-electron chi connectivity index (χ0n) is 11.9. The van der Waals surface area contributed by atoms with Crippen molar-refractivity contribution in [1.82, 2.24) is 9.97 Å². The number of amides is 2. The second-order valence-electron chi connectivity index (χ2n) is 4.87. The summed E-state index contributed by atoms with van der Waals surface area (Å²) in [6.45, 7) is 1.34. The summed E-state index contributed by atoms with van der Waals surface area (Å²) in [6, 6.07) is 11.8. The lowest BCUT2D eigenvalue weighted by atomic mass is 10.2. The number of imide groups is 1. The van der Waals surface area contributed by atoms with Crippen LogP contribution in [0.2, 0.25) is 0 Å². The number of nitrogen functional groups attached to an aromatic ring is 1. The highest BCUT2D eigenvalue weighted by atomic mass is 16.2. The van der Waals surface area contributed by atoms with Gasteiger partial charge in [-0.05, 0) is 42.5 Å². The van der Waals surface area contributed by atoms with Crippen molar-refractivity contribution in [3.05, 3.63) is 54.4 Å². The van der Waals surface area contributed by atoms with Gasteiger partial charge in [-0.2, -0.15) is 0 Å².